The van der Waals surface area contributed by atoms with Gasteiger partial charge in [0.25, 0.3) is 0 Å². The molecule has 0 radical (unpaired) electrons. The second-order valence-electron chi connectivity index (χ2n) is 15.0. The molecule has 0 fully saturated rings. The van der Waals surface area contributed by atoms with Crippen molar-refractivity contribution in [3.8, 4) is 11.1 Å². The van der Waals surface area contributed by atoms with Crippen molar-refractivity contribution in [3.63, 3.8) is 0 Å². The largest absolute Gasteiger partial charge is 0.452 e. The van der Waals surface area contributed by atoms with E-state index in [1.807, 2.05) is 36.4 Å². The third-order valence-corrected chi connectivity index (χ3v) is 17.1. The number of hydrogen-bond acceptors (Lipinski definition) is 10. The molecule has 4 rings (SSSR count). The Hall–Kier alpha value is -4.10. The van der Waals surface area contributed by atoms with E-state index in [9.17, 15) is 9.59 Å². The molecule has 316 valence electrons. The fourth-order valence-electron chi connectivity index (χ4n) is 6.85. The number of hydrogen-bond donors (Lipinski definition) is 2. The summed E-state index contributed by atoms with van der Waals surface area (Å²) in [5, 5.41) is 10.4. The van der Waals surface area contributed by atoms with E-state index >= 15 is 0 Å². The van der Waals surface area contributed by atoms with Crippen LogP contribution >= 0.6 is 0 Å². The maximum Gasteiger partial charge on any atom is 0.407 e. The third-order valence-electron chi connectivity index (χ3n) is 9.54. The van der Waals surface area contributed by atoms with Crippen molar-refractivity contribution in [1.29, 1.82) is 0 Å². The van der Waals surface area contributed by atoms with Gasteiger partial charge in [-0.2, -0.15) is 0 Å². The first-order chi connectivity index (χ1) is 28.1. The first kappa shape index (κ1) is 46.6. The summed E-state index contributed by atoms with van der Waals surface area (Å²) in [6.45, 7) is 14.8. The Labute approximate surface area is 345 Å². The van der Waals surface area contributed by atoms with Crippen LogP contribution in [0.3, 0.4) is 0 Å². The van der Waals surface area contributed by atoms with Crippen molar-refractivity contribution in [2.75, 3.05) is 92.3 Å². The number of amides is 2. The van der Waals surface area contributed by atoms with E-state index < -0.39 is 22.7 Å². The van der Waals surface area contributed by atoms with Crippen LogP contribution in [0, 0.1) is 0 Å². The molecule has 0 spiro atoms. The fourth-order valence-corrected chi connectivity index (χ4v) is 15.3. The van der Waals surface area contributed by atoms with Crippen LogP contribution in [0.5, 0.6) is 0 Å². The van der Waals surface area contributed by atoms with Gasteiger partial charge < -0.3 is 43.2 Å². The predicted octanol–water partition coefficient (Wildman–Crippen LogP) is 6.30. The van der Waals surface area contributed by atoms with Crippen LogP contribution in [0.1, 0.15) is 29.0 Å². The molecule has 1 aliphatic rings. The molecule has 58 heavy (non-hydrogen) atoms. The molecule has 0 atom stereocenters. The lowest BCUT2D eigenvalue weighted by atomic mass is 9.98. The van der Waals surface area contributed by atoms with Crippen molar-refractivity contribution >= 4 is 33.8 Å². The van der Waals surface area contributed by atoms with E-state index in [0.717, 1.165) is 23.2 Å². The molecular formula is C42H61N5O9Si2. The molecule has 0 heterocycles. The van der Waals surface area contributed by atoms with Crippen LogP contribution in [0.25, 0.3) is 21.6 Å². The SMILES string of the molecule is C[Si](C)(CCCNC(=O)OCC1c2ccccc2-c2ccccc21)O[Si](C)(C)c1cccc(CC(=O)NCCOCCOCCOCCOCCOCCN=[N+]=[N-])c1. The highest BCUT2D eigenvalue weighted by atomic mass is 28.4. The standard InChI is InChI=1S/C42H61N5O9Si2/c1-57(2,30-10-17-45-42(49)55-33-40-38-15-7-5-13-36(38)37-14-6-8-16-39(37)40)56-58(3,4)35-12-9-11-34(31-35)32-41(48)44-18-20-50-22-24-52-26-28-54-29-27-53-25-23-51-21-19-46-47-43/h5-9,11-16,31,40H,10,17-30,32-33H2,1-4H3,(H,44,48)(H,45,49). The van der Waals surface area contributed by atoms with Crippen LogP contribution in [-0.4, -0.2) is 121 Å². The molecule has 0 bridgehead atoms. The number of carbonyl (C=O) groups is 2. The van der Waals surface area contributed by atoms with E-state index in [0.29, 0.717) is 92.3 Å². The Morgan fingerprint density at radius 1 is 0.707 bits per heavy atom. The van der Waals surface area contributed by atoms with Gasteiger partial charge in [0.1, 0.15) is 6.61 Å². The maximum atomic E-state index is 12.7. The molecule has 2 amide bonds. The van der Waals surface area contributed by atoms with Crippen molar-refractivity contribution in [1.82, 2.24) is 10.6 Å². The van der Waals surface area contributed by atoms with Crippen LogP contribution in [-0.2, 0) is 43.8 Å². The van der Waals surface area contributed by atoms with Gasteiger partial charge >= 0.3 is 6.09 Å². The van der Waals surface area contributed by atoms with E-state index in [1.54, 1.807) is 0 Å². The number of azide groups is 1. The van der Waals surface area contributed by atoms with Crippen LogP contribution in [0.15, 0.2) is 77.9 Å². The number of carbonyl (C=O) groups excluding carboxylic acids is 2. The van der Waals surface area contributed by atoms with Gasteiger partial charge in [0, 0.05) is 30.5 Å². The Morgan fingerprint density at radius 3 is 1.88 bits per heavy atom. The Balaban J connectivity index is 1.03. The second-order valence-corrected chi connectivity index (χ2v) is 23.4. The van der Waals surface area contributed by atoms with Crippen molar-refractivity contribution < 1.29 is 42.1 Å². The zero-order valence-electron chi connectivity index (χ0n) is 34.5. The van der Waals surface area contributed by atoms with Crippen molar-refractivity contribution in [2.24, 2.45) is 5.11 Å². The molecule has 0 aromatic heterocycles. The number of alkyl carbamates (subject to hydrolysis) is 1. The summed E-state index contributed by atoms with van der Waals surface area (Å²) in [4.78, 5) is 28.0. The van der Waals surface area contributed by atoms with Crippen LogP contribution in [0.2, 0.25) is 32.2 Å². The summed E-state index contributed by atoms with van der Waals surface area (Å²) in [5.41, 5.74) is 13.9. The predicted molar refractivity (Wildman–Crippen MR) is 229 cm³/mol. The van der Waals surface area contributed by atoms with Crippen LogP contribution in [0.4, 0.5) is 4.79 Å². The summed E-state index contributed by atoms with van der Waals surface area (Å²) in [5.74, 6) is -0.0248. The van der Waals surface area contributed by atoms with E-state index in [2.05, 4.69) is 83.2 Å². The van der Waals surface area contributed by atoms with Gasteiger partial charge in [-0.1, -0.05) is 77.9 Å². The Morgan fingerprint density at radius 2 is 1.28 bits per heavy atom. The van der Waals surface area contributed by atoms with Gasteiger partial charge in [-0.05, 0) is 77.2 Å². The Bertz CT molecular complexity index is 1710. The first-order valence-electron chi connectivity index (χ1n) is 20.1. The fraction of sp³-hybridized carbons (Fsp3) is 0.524. The van der Waals surface area contributed by atoms with Crippen LogP contribution < -0.4 is 15.8 Å². The highest BCUT2D eigenvalue weighted by Gasteiger charge is 2.34. The number of fused-ring (bicyclic) bond motifs is 3. The molecule has 0 aliphatic heterocycles. The average molecular weight is 836 g/mol. The van der Waals surface area contributed by atoms with E-state index in [4.69, 9.17) is 38.1 Å². The summed E-state index contributed by atoms with van der Waals surface area (Å²) >= 11 is 0. The Kier molecular flexibility index (Phi) is 20.4. The van der Waals surface area contributed by atoms with Gasteiger partial charge in [-0.3, -0.25) is 4.79 Å². The molecule has 14 nitrogen and oxygen atoms in total. The zero-order chi connectivity index (χ0) is 41.5. The van der Waals surface area contributed by atoms with Gasteiger partial charge in [-0.15, -0.1) is 0 Å². The highest BCUT2D eigenvalue weighted by molar-refractivity contribution is 6.92. The maximum absolute atomic E-state index is 12.7. The molecule has 0 saturated heterocycles. The van der Waals surface area contributed by atoms with E-state index in [-0.39, 0.29) is 18.2 Å². The first-order valence-corrected chi connectivity index (χ1v) is 26.2. The molecule has 3 aromatic rings. The lowest BCUT2D eigenvalue weighted by Gasteiger charge is -2.34. The van der Waals surface area contributed by atoms with Crippen molar-refractivity contribution in [3.05, 3.63) is 99.9 Å². The smallest absolute Gasteiger partial charge is 0.407 e. The van der Waals surface area contributed by atoms with Gasteiger partial charge in [0.05, 0.1) is 72.5 Å². The minimum Gasteiger partial charge on any atom is -0.452 e. The zero-order valence-corrected chi connectivity index (χ0v) is 36.5. The minimum absolute atomic E-state index is 0.0354. The number of ether oxygens (including phenoxy) is 6. The monoisotopic (exact) mass is 835 g/mol. The second kappa shape index (κ2) is 25.4. The lowest BCUT2D eigenvalue weighted by molar-refractivity contribution is -0.120. The summed E-state index contributed by atoms with van der Waals surface area (Å²) in [7, 11) is -4.34. The number of rotatable bonds is 29. The normalized spacial score (nSPS) is 12.4. The molecular weight excluding hydrogens is 775 g/mol. The number of benzene rings is 3. The number of nitrogens with one attached hydrogen (secondary N) is 2. The summed E-state index contributed by atoms with van der Waals surface area (Å²) < 4.78 is 39.8. The topological polar surface area (TPSA) is 172 Å². The van der Waals surface area contributed by atoms with Gasteiger partial charge in [0.15, 0.2) is 8.32 Å². The highest BCUT2D eigenvalue weighted by Crippen LogP contribution is 2.44. The molecule has 16 heteroatoms. The summed E-state index contributed by atoms with van der Waals surface area (Å²) in [6, 6.07) is 25.7. The minimum atomic E-state index is -2.28. The lowest BCUT2D eigenvalue weighted by Crippen LogP contribution is -2.52. The van der Waals surface area contributed by atoms with Gasteiger partial charge in [0.2, 0.25) is 14.2 Å². The summed E-state index contributed by atoms with van der Waals surface area (Å²) in [6.07, 6.45) is 0.689. The van der Waals surface area contributed by atoms with Gasteiger partial charge in [-0.25, -0.2) is 4.79 Å². The van der Waals surface area contributed by atoms with E-state index in [1.165, 1.54) is 22.3 Å². The molecule has 1 aliphatic carbocycles. The third kappa shape index (κ3) is 16.6. The molecule has 0 unspecified atom stereocenters. The van der Waals surface area contributed by atoms with Crippen molar-refractivity contribution in [2.45, 2.75) is 51.0 Å². The molecule has 0 saturated carbocycles. The number of nitrogens with zero attached hydrogens (tertiary/aromatic N) is 3. The quantitative estimate of drug-likeness (QED) is 0.0268. The average Bonchev–Trinajstić information content (AvgIpc) is 3.52. The molecule has 3 aromatic carbocycles. The molecule has 2 N–H and O–H groups in total.